The van der Waals surface area contributed by atoms with Gasteiger partial charge in [-0.2, -0.15) is 10.5 Å². The van der Waals surface area contributed by atoms with Gasteiger partial charge >= 0.3 is 0 Å². The molecule has 13 heavy (non-hydrogen) atoms. The zero-order valence-corrected chi connectivity index (χ0v) is 8.43. The number of ether oxygens (including phenoxy) is 1. The van der Waals surface area contributed by atoms with Crippen LogP contribution in [0.4, 0.5) is 0 Å². The standard InChI is InChI=1S/C11H14OS/c1-13-8-7-12-9-11(13)10-5-3-2-4-6-10/h2-6,11H,1,7-9H2. The van der Waals surface area contributed by atoms with Crippen LogP contribution in [-0.4, -0.2) is 24.8 Å². The van der Waals surface area contributed by atoms with Crippen molar-refractivity contribution in [3.8, 4) is 0 Å². The minimum Gasteiger partial charge on any atom is -0.379 e. The number of benzene rings is 1. The molecule has 1 aliphatic heterocycles. The zero-order valence-electron chi connectivity index (χ0n) is 7.61. The first-order valence-corrected chi connectivity index (χ1v) is 6.12. The summed E-state index contributed by atoms with van der Waals surface area (Å²) in [4.78, 5) is 0. The van der Waals surface area contributed by atoms with E-state index in [2.05, 4.69) is 30.1 Å². The third-order valence-electron chi connectivity index (χ3n) is 2.33. The van der Waals surface area contributed by atoms with Crippen molar-refractivity contribution in [1.29, 1.82) is 0 Å². The minimum atomic E-state index is 0.246. The Labute approximate surface area is 81.7 Å². The molecule has 2 atom stereocenters. The molecule has 1 saturated heterocycles. The highest BCUT2D eigenvalue weighted by Crippen LogP contribution is 2.36. The summed E-state index contributed by atoms with van der Waals surface area (Å²) >= 11 is 0. The molecule has 0 aromatic heterocycles. The lowest BCUT2D eigenvalue weighted by molar-refractivity contribution is 0.143. The van der Waals surface area contributed by atoms with Crippen LogP contribution in [0.3, 0.4) is 0 Å². The topological polar surface area (TPSA) is 9.23 Å². The molecule has 0 bridgehead atoms. The fraction of sp³-hybridized carbons (Fsp3) is 0.364. The van der Waals surface area contributed by atoms with Crippen LogP contribution in [0.5, 0.6) is 0 Å². The largest absolute Gasteiger partial charge is 0.379 e. The van der Waals surface area contributed by atoms with Crippen LogP contribution >= 0.6 is 10.5 Å². The minimum absolute atomic E-state index is 0.246. The van der Waals surface area contributed by atoms with Gasteiger partial charge in [-0.1, -0.05) is 36.2 Å². The van der Waals surface area contributed by atoms with Gasteiger partial charge in [0.2, 0.25) is 0 Å². The second kappa shape index (κ2) is 4.07. The monoisotopic (exact) mass is 194 g/mol. The lowest BCUT2D eigenvalue weighted by Crippen LogP contribution is -2.16. The summed E-state index contributed by atoms with van der Waals surface area (Å²) in [6.07, 6.45) is 0. The number of hydrogen-bond donors (Lipinski definition) is 0. The third kappa shape index (κ3) is 2.01. The Morgan fingerprint density at radius 2 is 2.08 bits per heavy atom. The Morgan fingerprint density at radius 3 is 2.77 bits per heavy atom. The molecule has 2 heteroatoms. The van der Waals surface area contributed by atoms with E-state index in [1.54, 1.807) is 0 Å². The summed E-state index contributed by atoms with van der Waals surface area (Å²) in [5.74, 6) is 5.31. The summed E-state index contributed by atoms with van der Waals surface area (Å²) in [5, 5.41) is 0.523. The predicted molar refractivity (Wildman–Crippen MR) is 59.6 cm³/mol. The molecule has 0 radical (unpaired) electrons. The summed E-state index contributed by atoms with van der Waals surface area (Å²) in [7, 11) is 0.246. The normalized spacial score (nSPS) is 28.6. The van der Waals surface area contributed by atoms with Crippen LogP contribution in [0, 0.1) is 0 Å². The summed E-state index contributed by atoms with van der Waals surface area (Å²) < 4.78 is 5.47. The fourth-order valence-corrected chi connectivity index (χ4v) is 3.00. The highest BCUT2D eigenvalue weighted by Gasteiger charge is 2.17. The van der Waals surface area contributed by atoms with Crippen LogP contribution in [0.2, 0.25) is 0 Å². The van der Waals surface area contributed by atoms with E-state index in [0.29, 0.717) is 5.25 Å². The quantitative estimate of drug-likeness (QED) is 0.624. The molecule has 1 aliphatic rings. The Hall–Kier alpha value is -0.600. The Balaban J connectivity index is 2.20. The lowest BCUT2D eigenvalue weighted by Gasteiger charge is -2.26. The van der Waals surface area contributed by atoms with Crippen LogP contribution in [-0.2, 0) is 4.74 Å². The van der Waals surface area contributed by atoms with E-state index in [9.17, 15) is 0 Å². The molecule has 1 fully saturated rings. The van der Waals surface area contributed by atoms with Crippen LogP contribution < -0.4 is 0 Å². The van der Waals surface area contributed by atoms with Gasteiger partial charge in [-0.15, -0.1) is 0 Å². The highest BCUT2D eigenvalue weighted by atomic mass is 32.2. The molecule has 1 aromatic carbocycles. The molecule has 70 valence electrons. The van der Waals surface area contributed by atoms with E-state index in [4.69, 9.17) is 4.74 Å². The molecule has 0 amide bonds. The van der Waals surface area contributed by atoms with Gasteiger partial charge in [-0.25, -0.2) is 0 Å². The Kier molecular flexibility index (Phi) is 2.81. The Bertz CT molecular complexity index is 294. The summed E-state index contributed by atoms with van der Waals surface area (Å²) in [6.45, 7) is 1.73. The van der Waals surface area contributed by atoms with Crippen molar-refractivity contribution in [2.75, 3.05) is 19.0 Å². The van der Waals surface area contributed by atoms with Crippen molar-refractivity contribution in [2.24, 2.45) is 0 Å². The van der Waals surface area contributed by atoms with Crippen molar-refractivity contribution < 1.29 is 4.74 Å². The number of hydrogen-bond acceptors (Lipinski definition) is 1. The van der Waals surface area contributed by atoms with Gasteiger partial charge in [0.05, 0.1) is 13.2 Å². The van der Waals surface area contributed by atoms with Crippen molar-refractivity contribution in [2.45, 2.75) is 5.25 Å². The summed E-state index contributed by atoms with van der Waals surface area (Å²) in [5.41, 5.74) is 1.38. The first-order chi connectivity index (χ1) is 6.38. The van der Waals surface area contributed by atoms with Gasteiger partial charge < -0.3 is 4.74 Å². The van der Waals surface area contributed by atoms with Crippen molar-refractivity contribution >= 4 is 16.4 Å². The molecule has 2 rings (SSSR count). The van der Waals surface area contributed by atoms with Gasteiger partial charge in [0.15, 0.2) is 0 Å². The van der Waals surface area contributed by atoms with E-state index in [1.807, 2.05) is 6.07 Å². The second-order valence-corrected chi connectivity index (χ2v) is 5.27. The molecule has 1 heterocycles. The van der Waals surface area contributed by atoms with Gasteiger partial charge in [0.1, 0.15) is 0 Å². The van der Waals surface area contributed by atoms with Crippen LogP contribution in [0.15, 0.2) is 30.3 Å². The third-order valence-corrected chi connectivity index (χ3v) is 4.24. The smallest absolute Gasteiger partial charge is 0.0621 e. The maximum atomic E-state index is 5.47. The molecular formula is C11H14OS. The average molecular weight is 194 g/mol. The van der Waals surface area contributed by atoms with Gasteiger partial charge in [-0.05, 0) is 5.56 Å². The molecule has 1 nitrogen and oxygen atoms in total. The zero-order chi connectivity index (χ0) is 9.10. The molecule has 2 unspecified atom stereocenters. The Morgan fingerprint density at radius 1 is 1.31 bits per heavy atom. The predicted octanol–water partition coefficient (Wildman–Crippen LogP) is 2.46. The fourth-order valence-electron chi connectivity index (χ4n) is 1.55. The highest BCUT2D eigenvalue weighted by molar-refractivity contribution is 8.14. The first-order valence-electron chi connectivity index (χ1n) is 4.50. The lowest BCUT2D eigenvalue weighted by atomic mass is 10.1. The second-order valence-electron chi connectivity index (χ2n) is 3.22. The molecule has 0 aliphatic carbocycles. The van der Waals surface area contributed by atoms with Crippen LogP contribution in [0.1, 0.15) is 10.8 Å². The van der Waals surface area contributed by atoms with Crippen molar-refractivity contribution in [1.82, 2.24) is 0 Å². The van der Waals surface area contributed by atoms with Crippen molar-refractivity contribution in [3.05, 3.63) is 35.9 Å². The van der Waals surface area contributed by atoms with E-state index < -0.39 is 0 Å². The van der Waals surface area contributed by atoms with E-state index >= 15 is 0 Å². The van der Waals surface area contributed by atoms with Gasteiger partial charge in [-0.3, -0.25) is 0 Å². The number of rotatable bonds is 1. The van der Waals surface area contributed by atoms with Crippen molar-refractivity contribution in [3.63, 3.8) is 0 Å². The van der Waals surface area contributed by atoms with Crippen LogP contribution in [0.25, 0.3) is 0 Å². The van der Waals surface area contributed by atoms with Gasteiger partial charge in [0, 0.05) is 11.0 Å². The van der Waals surface area contributed by atoms with E-state index in [1.165, 1.54) is 5.56 Å². The molecule has 0 saturated carbocycles. The molecular weight excluding hydrogens is 180 g/mol. The molecule has 1 aromatic rings. The maximum absolute atomic E-state index is 5.47. The maximum Gasteiger partial charge on any atom is 0.0621 e. The summed E-state index contributed by atoms with van der Waals surface area (Å²) in [6, 6.07) is 10.6. The van der Waals surface area contributed by atoms with E-state index in [-0.39, 0.29) is 10.5 Å². The van der Waals surface area contributed by atoms with Gasteiger partial charge in [0.25, 0.3) is 0 Å². The SMILES string of the molecule is C=S1CCOCC1c1ccccc1. The average Bonchev–Trinajstić information content (AvgIpc) is 2.20. The van der Waals surface area contributed by atoms with E-state index in [0.717, 1.165) is 19.0 Å². The first kappa shape index (κ1) is 8.97. The molecule has 0 spiro atoms. The molecule has 0 N–H and O–H groups in total.